The molecule has 1 aromatic rings. The molecule has 0 bridgehead atoms. The first-order valence-corrected chi connectivity index (χ1v) is 10.5. The Morgan fingerprint density at radius 2 is 2.10 bits per heavy atom. The first-order valence-electron chi connectivity index (χ1n) is 7.71. The number of alkyl halides is 1. The molecule has 2 heterocycles. The zero-order valence-electron chi connectivity index (χ0n) is 15.2. The third kappa shape index (κ3) is 5.21. The Kier molecular flexibility index (Phi) is 7.30. The number of rotatable bonds is 8. The summed E-state index contributed by atoms with van der Waals surface area (Å²) in [6, 6.07) is -1.63. The van der Waals surface area contributed by atoms with Crippen LogP contribution >= 0.6 is 22.9 Å². The first-order chi connectivity index (χ1) is 14.0. The minimum atomic E-state index is -5.03. The van der Waals surface area contributed by atoms with E-state index < -0.39 is 52.0 Å². The molecular formula is C13H14ClN5O9S2. The van der Waals surface area contributed by atoms with E-state index in [2.05, 4.69) is 30.3 Å². The predicted octanol–water partition coefficient (Wildman–Crippen LogP) is -1.31. The maximum absolute atomic E-state index is 12.6. The maximum Gasteiger partial charge on any atom is 0.365 e. The summed E-state index contributed by atoms with van der Waals surface area (Å²) in [5, 5.41) is 9.45. The van der Waals surface area contributed by atoms with Gasteiger partial charge in [0.25, 0.3) is 11.8 Å². The lowest BCUT2D eigenvalue weighted by molar-refractivity contribution is -0.178. The third-order valence-corrected chi connectivity index (χ3v) is 5.22. The van der Waals surface area contributed by atoms with Crippen LogP contribution in [0.25, 0.3) is 0 Å². The highest BCUT2D eigenvalue weighted by atomic mass is 35.5. The molecule has 0 spiro atoms. The fraction of sp³-hybridized carbons (Fsp3) is 0.385. The summed E-state index contributed by atoms with van der Waals surface area (Å²) in [6.07, 6.45) is -1.80. The molecule has 1 aliphatic heterocycles. The summed E-state index contributed by atoms with van der Waals surface area (Å²) < 4.78 is 36.2. The molecule has 3 N–H and O–H groups in total. The Morgan fingerprint density at radius 3 is 2.63 bits per heavy atom. The number of nitrogens with zero attached hydrogens (tertiary/aromatic N) is 3. The third-order valence-electron chi connectivity index (χ3n) is 3.33. The number of aromatic nitrogens is 1. The van der Waals surface area contributed by atoms with E-state index in [4.69, 9.17) is 16.2 Å². The van der Waals surface area contributed by atoms with E-state index in [0.717, 1.165) is 25.4 Å². The van der Waals surface area contributed by atoms with Crippen molar-refractivity contribution >= 4 is 67.8 Å². The van der Waals surface area contributed by atoms with Gasteiger partial charge in [0.05, 0.1) is 0 Å². The number of nitrogens with one attached hydrogen (secondary N) is 2. The fourth-order valence-electron chi connectivity index (χ4n) is 2.20. The van der Waals surface area contributed by atoms with Crippen molar-refractivity contribution in [3.8, 4) is 0 Å². The van der Waals surface area contributed by atoms with Crippen LogP contribution in [0, 0.1) is 0 Å². The number of hydrogen-bond acceptors (Lipinski definition) is 11. The smallest absolute Gasteiger partial charge is 0.365 e. The Labute approximate surface area is 178 Å². The highest BCUT2D eigenvalue weighted by Crippen LogP contribution is 2.25. The molecule has 2 atom stereocenters. The van der Waals surface area contributed by atoms with Crippen LogP contribution in [0.3, 0.4) is 0 Å². The lowest BCUT2D eigenvalue weighted by Gasteiger charge is -2.42. The summed E-state index contributed by atoms with van der Waals surface area (Å²) in [6.45, 7) is 0.938. The topological polar surface area (TPSA) is 194 Å². The lowest BCUT2D eigenvalue weighted by atomic mass is 10.1. The molecule has 3 amide bonds. The number of amides is 3. The fourth-order valence-corrected chi connectivity index (χ4v) is 3.75. The maximum atomic E-state index is 12.6. The second kappa shape index (κ2) is 9.33. The van der Waals surface area contributed by atoms with Crippen molar-refractivity contribution in [1.82, 2.24) is 14.6 Å². The second-order valence-electron chi connectivity index (χ2n) is 5.41. The SMILES string of the molecule is CO/N=C(\C(=O)N[C@@H]1C(=O)N(S(=O)(=O)O)[C@H]1OC(C)=O)c1csc(NC(=O)CCl)n1. The van der Waals surface area contributed by atoms with Gasteiger partial charge in [0, 0.05) is 12.3 Å². The van der Waals surface area contributed by atoms with Crippen LogP contribution in [-0.4, -0.2) is 76.9 Å². The van der Waals surface area contributed by atoms with Crippen LogP contribution in [-0.2, 0) is 39.1 Å². The minimum Gasteiger partial charge on any atom is -0.438 e. The van der Waals surface area contributed by atoms with Gasteiger partial charge in [0.15, 0.2) is 16.9 Å². The van der Waals surface area contributed by atoms with Gasteiger partial charge in [0.2, 0.25) is 12.1 Å². The highest BCUT2D eigenvalue weighted by molar-refractivity contribution is 7.84. The number of esters is 1. The van der Waals surface area contributed by atoms with E-state index in [1.807, 2.05) is 0 Å². The number of thiazole rings is 1. The van der Waals surface area contributed by atoms with Crippen LogP contribution in [0.2, 0.25) is 0 Å². The van der Waals surface area contributed by atoms with Crippen molar-refractivity contribution in [2.24, 2.45) is 5.16 Å². The summed E-state index contributed by atoms with van der Waals surface area (Å²) >= 11 is 6.32. The summed E-state index contributed by atoms with van der Waals surface area (Å²) in [5.74, 6) is -4.11. The number of carbonyl (C=O) groups excluding carboxylic acids is 4. The Balaban J connectivity index is 2.22. The Morgan fingerprint density at radius 1 is 1.43 bits per heavy atom. The van der Waals surface area contributed by atoms with Gasteiger partial charge < -0.3 is 20.2 Å². The highest BCUT2D eigenvalue weighted by Gasteiger charge is 2.56. The largest absolute Gasteiger partial charge is 0.438 e. The van der Waals surface area contributed by atoms with Gasteiger partial charge in [-0.15, -0.1) is 22.9 Å². The Bertz CT molecular complexity index is 1010. The molecule has 17 heteroatoms. The Hall–Kier alpha value is -2.82. The van der Waals surface area contributed by atoms with Crippen LogP contribution < -0.4 is 10.6 Å². The number of ether oxygens (including phenoxy) is 1. The van der Waals surface area contributed by atoms with Gasteiger partial charge in [-0.05, 0) is 0 Å². The minimum absolute atomic E-state index is 0.0494. The van der Waals surface area contributed by atoms with E-state index in [1.165, 1.54) is 5.38 Å². The van der Waals surface area contributed by atoms with E-state index >= 15 is 0 Å². The van der Waals surface area contributed by atoms with Gasteiger partial charge in [-0.3, -0.25) is 23.7 Å². The lowest BCUT2D eigenvalue weighted by Crippen LogP contribution is -2.73. The van der Waals surface area contributed by atoms with E-state index in [1.54, 1.807) is 0 Å². The number of halogens is 1. The number of anilines is 1. The molecule has 164 valence electrons. The van der Waals surface area contributed by atoms with E-state index in [9.17, 15) is 27.6 Å². The molecule has 1 saturated heterocycles. The zero-order valence-corrected chi connectivity index (χ0v) is 17.6. The molecule has 0 aliphatic carbocycles. The molecule has 0 aromatic carbocycles. The second-order valence-corrected chi connectivity index (χ2v) is 7.82. The normalized spacial score (nSPS) is 19.0. The van der Waals surface area contributed by atoms with Crippen molar-refractivity contribution in [2.75, 3.05) is 18.3 Å². The first kappa shape index (κ1) is 23.5. The summed E-state index contributed by atoms with van der Waals surface area (Å²) in [5.41, 5.74) is -0.480. The van der Waals surface area contributed by atoms with Crippen molar-refractivity contribution in [2.45, 2.75) is 19.2 Å². The van der Waals surface area contributed by atoms with Crippen molar-refractivity contribution in [3.05, 3.63) is 11.1 Å². The number of oxime groups is 1. The molecule has 2 rings (SSSR count). The van der Waals surface area contributed by atoms with Gasteiger partial charge in [-0.1, -0.05) is 5.16 Å². The molecular weight excluding hydrogens is 470 g/mol. The molecule has 0 saturated carbocycles. The molecule has 1 aliphatic rings. The molecule has 1 fully saturated rings. The van der Waals surface area contributed by atoms with Crippen LogP contribution in [0.5, 0.6) is 0 Å². The molecule has 0 radical (unpaired) electrons. The zero-order chi connectivity index (χ0) is 22.6. The summed E-state index contributed by atoms with van der Waals surface area (Å²) in [7, 11) is -3.90. The van der Waals surface area contributed by atoms with E-state index in [0.29, 0.717) is 0 Å². The predicted molar refractivity (Wildman–Crippen MR) is 101 cm³/mol. The van der Waals surface area contributed by atoms with Crippen molar-refractivity contribution in [1.29, 1.82) is 0 Å². The number of carbonyl (C=O) groups is 4. The summed E-state index contributed by atoms with van der Waals surface area (Å²) in [4.78, 5) is 55.7. The van der Waals surface area contributed by atoms with Crippen LogP contribution in [0.4, 0.5) is 5.13 Å². The van der Waals surface area contributed by atoms with Crippen LogP contribution in [0.1, 0.15) is 12.6 Å². The molecule has 14 nitrogen and oxygen atoms in total. The molecule has 30 heavy (non-hydrogen) atoms. The van der Waals surface area contributed by atoms with Gasteiger partial charge in [-0.25, -0.2) is 4.98 Å². The monoisotopic (exact) mass is 483 g/mol. The average Bonchev–Trinajstić information content (AvgIpc) is 3.09. The molecule has 1 aromatic heterocycles. The number of β-lactam (4-membered cyclic amide) rings is 1. The quantitative estimate of drug-likeness (QED) is 0.0997. The van der Waals surface area contributed by atoms with Gasteiger partial charge in [-0.2, -0.15) is 12.7 Å². The number of hydrogen-bond donors (Lipinski definition) is 3. The van der Waals surface area contributed by atoms with Gasteiger partial charge in [0.1, 0.15) is 18.7 Å². The average molecular weight is 484 g/mol. The van der Waals surface area contributed by atoms with Crippen LogP contribution in [0.15, 0.2) is 10.5 Å². The van der Waals surface area contributed by atoms with Crippen molar-refractivity contribution in [3.63, 3.8) is 0 Å². The molecule has 0 unspecified atom stereocenters. The standard InChI is InChI=1S/C13H14ClN5O9S2/c1-5(20)28-12-9(11(23)19(12)30(24,25)26)17-10(22)8(18-27-2)6-4-29-13(15-6)16-7(21)3-14/h4,9,12H,3H2,1-2H3,(H,17,22)(H,15,16,21)(H,24,25,26)/b18-8-/t9-,12+/m1/s1. The van der Waals surface area contributed by atoms with E-state index in [-0.39, 0.29) is 21.0 Å². The van der Waals surface area contributed by atoms with Crippen molar-refractivity contribution < 1.29 is 41.7 Å². The van der Waals surface area contributed by atoms with Gasteiger partial charge >= 0.3 is 16.3 Å².